The molecule has 8 heteroatoms. The van der Waals surface area contributed by atoms with E-state index in [4.69, 9.17) is 4.74 Å². The highest BCUT2D eigenvalue weighted by molar-refractivity contribution is 7.16. The molecule has 0 radical (unpaired) electrons. The minimum Gasteiger partial charge on any atom is -0.454 e. The molecule has 2 aromatic rings. The zero-order valence-corrected chi connectivity index (χ0v) is 18.4. The van der Waals surface area contributed by atoms with Gasteiger partial charge in [-0.2, -0.15) is 5.26 Å². The van der Waals surface area contributed by atoms with E-state index < -0.39 is 24.5 Å². The molecule has 0 spiro atoms. The number of amides is 2. The molecule has 2 N–H and O–H groups in total. The van der Waals surface area contributed by atoms with Crippen LogP contribution < -0.4 is 10.6 Å². The predicted molar refractivity (Wildman–Crippen MR) is 118 cm³/mol. The number of carbonyl (C=O) groups excluding carboxylic acids is 3. The van der Waals surface area contributed by atoms with Crippen LogP contribution in [0.1, 0.15) is 53.1 Å². The molecule has 1 atom stereocenters. The second-order valence-electron chi connectivity index (χ2n) is 7.74. The highest BCUT2D eigenvalue weighted by atomic mass is 32.1. The lowest BCUT2D eigenvalue weighted by atomic mass is 9.96. The van der Waals surface area contributed by atoms with Gasteiger partial charge in [-0.05, 0) is 49.3 Å². The van der Waals surface area contributed by atoms with Crippen molar-refractivity contribution >= 4 is 34.1 Å². The molecule has 1 aromatic heterocycles. The normalized spacial score (nSPS) is 13.6. The lowest BCUT2D eigenvalue weighted by Gasteiger charge is -2.20. The number of carbonyl (C=O) groups is 3. The van der Waals surface area contributed by atoms with Gasteiger partial charge in [-0.3, -0.25) is 9.59 Å². The maximum absolute atomic E-state index is 12.5. The number of aryl methyl sites for hydroxylation is 1. The van der Waals surface area contributed by atoms with Crippen molar-refractivity contribution in [1.29, 1.82) is 5.26 Å². The van der Waals surface area contributed by atoms with E-state index >= 15 is 0 Å². The van der Waals surface area contributed by atoms with Gasteiger partial charge in [0.15, 0.2) is 6.61 Å². The first-order valence-corrected chi connectivity index (χ1v) is 11.1. The summed E-state index contributed by atoms with van der Waals surface area (Å²) in [5.41, 5.74) is 1.97. The zero-order valence-electron chi connectivity index (χ0n) is 17.6. The number of hydrogen-bond donors (Lipinski definition) is 2. The summed E-state index contributed by atoms with van der Waals surface area (Å²) >= 11 is 1.41. The van der Waals surface area contributed by atoms with Crippen molar-refractivity contribution in [2.24, 2.45) is 5.92 Å². The number of ether oxygens (including phenoxy) is 1. The molecule has 1 aliphatic rings. The molecule has 0 unspecified atom stereocenters. The zero-order chi connectivity index (χ0) is 22.4. The summed E-state index contributed by atoms with van der Waals surface area (Å²) < 4.78 is 5.17. The van der Waals surface area contributed by atoms with Gasteiger partial charge in [0.2, 0.25) is 0 Å². The Balaban J connectivity index is 1.58. The molecule has 1 heterocycles. The Morgan fingerprint density at radius 1 is 1.16 bits per heavy atom. The lowest BCUT2D eigenvalue weighted by Crippen LogP contribution is -2.45. The van der Waals surface area contributed by atoms with E-state index in [2.05, 4.69) is 16.7 Å². The molecule has 0 saturated heterocycles. The summed E-state index contributed by atoms with van der Waals surface area (Å²) in [5.74, 6) is -1.80. The number of benzene rings is 1. The molecular weight excluding hydrogens is 414 g/mol. The predicted octanol–water partition coefficient (Wildman–Crippen LogP) is 3.43. The summed E-state index contributed by atoms with van der Waals surface area (Å²) in [5, 5.41) is 15.4. The van der Waals surface area contributed by atoms with E-state index in [0.717, 1.165) is 36.1 Å². The van der Waals surface area contributed by atoms with E-state index in [1.54, 1.807) is 44.2 Å². The number of thiophene rings is 1. The highest BCUT2D eigenvalue weighted by Crippen LogP contribution is 2.37. The monoisotopic (exact) mass is 439 g/mol. The summed E-state index contributed by atoms with van der Waals surface area (Å²) in [7, 11) is 0. The summed E-state index contributed by atoms with van der Waals surface area (Å²) in [4.78, 5) is 38.4. The van der Waals surface area contributed by atoms with Crippen LogP contribution in [-0.4, -0.2) is 30.4 Å². The van der Waals surface area contributed by atoms with Crippen LogP contribution in [0.5, 0.6) is 0 Å². The smallest absolute Gasteiger partial charge is 0.329 e. The van der Waals surface area contributed by atoms with E-state index in [9.17, 15) is 19.6 Å². The molecule has 7 nitrogen and oxygen atoms in total. The Hall–Kier alpha value is -3.18. The number of anilines is 1. The highest BCUT2D eigenvalue weighted by Gasteiger charge is 2.27. The van der Waals surface area contributed by atoms with Gasteiger partial charge in [0, 0.05) is 10.4 Å². The minimum atomic E-state index is -0.885. The van der Waals surface area contributed by atoms with Gasteiger partial charge in [0.1, 0.15) is 17.1 Å². The van der Waals surface area contributed by atoms with Gasteiger partial charge < -0.3 is 15.4 Å². The fraction of sp³-hybridized carbons (Fsp3) is 0.391. The molecular formula is C23H25N3O4S. The van der Waals surface area contributed by atoms with Crippen LogP contribution in [0.2, 0.25) is 0 Å². The summed E-state index contributed by atoms with van der Waals surface area (Å²) in [6.07, 6.45) is 3.87. The van der Waals surface area contributed by atoms with E-state index in [1.165, 1.54) is 11.3 Å². The molecule has 1 aromatic carbocycles. The summed E-state index contributed by atoms with van der Waals surface area (Å²) in [6.45, 7) is 3.08. The van der Waals surface area contributed by atoms with E-state index in [0.29, 0.717) is 16.1 Å². The molecule has 3 rings (SSSR count). The number of hydrogen-bond acceptors (Lipinski definition) is 6. The Morgan fingerprint density at radius 2 is 1.87 bits per heavy atom. The van der Waals surface area contributed by atoms with Gasteiger partial charge in [-0.25, -0.2) is 4.79 Å². The van der Waals surface area contributed by atoms with Gasteiger partial charge in [0.25, 0.3) is 11.8 Å². The molecule has 1 aliphatic carbocycles. The number of esters is 1. The third-order valence-electron chi connectivity index (χ3n) is 5.12. The first-order chi connectivity index (χ1) is 14.9. The third-order valence-corrected chi connectivity index (χ3v) is 6.33. The van der Waals surface area contributed by atoms with Crippen molar-refractivity contribution in [2.45, 2.75) is 45.6 Å². The van der Waals surface area contributed by atoms with Crippen LogP contribution in [0.4, 0.5) is 5.00 Å². The Labute approximate surface area is 185 Å². The third kappa shape index (κ3) is 5.50. The fourth-order valence-corrected chi connectivity index (χ4v) is 4.73. The molecule has 0 saturated carbocycles. The van der Waals surface area contributed by atoms with Crippen molar-refractivity contribution in [3.63, 3.8) is 0 Å². The van der Waals surface area contributed by atoms with Gasteiger partial charge in [-0.1, -0.05) is 32.0 Å². The fourth-order valence-electron chi connectivity index (χ4n) is 3.47. The van der Waals surface area contributed by atoms with Crippen LogP contribution in [0.15, 0.2) is 30.3 Å². The molecule has 31 heavy (non-hydrogen) atoms. The second-order valence-corrected chi connectivity index (χ2v) is 8.85. The van der Waals surface area contributed by atoms with Crippen molar-refractivity contribution < 1.29 is 19.1 Å². The van der Waals surface area contributed by atoms with Crippen LogP contribution in [0.25, 0.3) is 0 Å². The van der Waals surface area contributed by atoms with Gasteiger partial charge in [0.05, 0.1) is 5.56 Å². The van der Waals surface area contributed by atoms with Crippen molar-refractivity contribution in [3.05, 3.63) is 51.9 Å². The first-order valence-electron chi connectivity index (χ1n) is 10.3. The number of fused-ring (bicyclic) bond motifs is 1. The largest absolute Gasteiger partial charge is 0.454 e. The average Bonchev–Trinajstić information content (AvgIpc) is 3.12. The number of rotatable bonds is 7. The minimum absolute atomic E-state index is 0.225. The van der Waals surface area contributed by atoms with Crippen LogP contribution in [-0.2, 0) is 27.2 Å². The summed E-state index contributed by atoms with van der Waals surface area (Å²) in [6, 6.07) is 9.87. The first kappa shape index (κ1) is 22.5. The SMILES string of the molecule is CC(C)[C@@H](NC(=O)c1ccccc1)C(=O)OCC(=O)Nc1sc2c(c1C#N)CCCC2. The number of nitrogens with one attached hydrogen (secondary N) is 2. The molecule has 162 valence electrons. The maximum Gasteiger partial charge on any atom is 0.329 e. The van der Waals surface area contributed by atoms with Crippen LogP contribution >= 0.6 is 11.3 Å². The van der Waals surface area contributed by atoms with E-state index in [1.807, 2.05) is 0 Å². The topological polar surface area (TPSA) is 108 Å². The Bertz CT molecular complexity index is 1010. The number of nitrogens with zero attached hydrogens (tertiary/aromatic N) is 1. The van der Waals surface area contributed by atoms with Crippen LogP contribution in [0.3, 0.4) is 0 Å². The standard InChI is InChI=1S/C23H25N3O4S/c1-14(2)20(26-21(28)15-8-4-3-5-9-15)23(29)30-13-19(27)25-22-17(12-24)16-10-6-7-11-18(16)31-22/h3-5,8-9,14,20H,6-7,10-11,13H2,1-2H3,(H,25,27)(H,26,28)/t20-/m1/s1. The molecule has 0 aliphatic heterocycles. The van der Waals surface area contributed by atoms with Gasteiger partial charge >= 0.3 is 5.97 Å². The van der Waals surface area contributed by atoms with Crippen molar-refractivity contribution in [3.8, 4) is 6.07 Å². The Kier molecular flexibility index (Phi) is 7.42. The number of nitriles is 1. The molecule has 2 amide bonds. The van der Waals surface area contributed by atoms with Crippen molar-refractivity contribution in [1.82, 2.24) is 5.32 Å². The average molecular weight is 440 g/mol. The van der Waals surface area contributed by atoms with Crippen LogP contribution in [0, 0.1) is 17.2 Å². The van der Waals surface area contributed by atoms with E-state index in [-0.39, 0.29) is 11.8 Å². The van der Waals surface area contributed by atoms with Crippen molar-refractivity contribution in [2.75, 3.05) is 11.9 Å². The quantitative estimate of drug-likeness (QED) is 0.643. The second kappa shape index (κ2) is 10.2. The maximum atomic E-state index is 12.5. The van der Waals surface area contributed by atoms with Gasteiger partial charge in [-0.15, -0.1) is 11.3 Å². The Morgan fingerprint density at radius 3 is 2.55 bits per heavy atom. The molecule has 0 bridgehead atoms. The molecule has 0 fully saturated rings. The lowest BCUT2D eigenvalue weighted by molar-refractivity contribution is -0.150.